The summed E-state index contributed by atoms with van der Waals surface area (Å²) < 4.78 is 1.93. The van der Waals surface area contributed by atoms with Crippen LogP contribution in [0.5, 0.6) is 5.75 Å². The number of aromatic hydroxyl groups is 1. The van der Waals surface area contributed by atoms with Crippen molar-refractivity contribution < 1.29 is 5.11 Å². The maximum atomic E-state index is 9.66. The van der Waals surface area contributed by atoms with Gasteiger partial charge >= 0.3 is 0 Å². The predicted octanol–water partition coefficient (Wildman–Crippen LogP) is 5.11. The van der Waals surface area contributed by atoms with Gasteiger partial charge in [-0.15, -0.1) is 0 Å². The Labute approximate surface area is 125 Å². The van der Waals surface area contributed by atoms with Crippen LogP contribution in [0.2, 0.25) is 0 Å². The molecular weight excluding hydrogens is 426 g/mol. The molecule has 0 aliphatic heterocycles. The highest BCUT2D eigenvalue weighted by atomic mass is 127. The molecule has 0 radical (unpaired) electrons. The van der Waals surface area contributed by atoms with E-state index in [2.05, 4.69) is 64.2 Å². The standard InChI is InChI=1S/C13H18I2O/c1-2-3-4-5-6-7-10-8-11(14)13(16)12(15)9-10/h8-9,16H,2-7H2,1H3. The van der Waals surface area contributed by atoms with Gasteiger partial charge in [0.2, 0.25) is 0 Å². The van der Waals surface area contributed by atoms with Crippen LogP contribution in [-0.2, 0) is 6.42 Å². The van der Waals surface area contributed by atoms with E-state index in [1.807, 2.05) is 0 Å². The summed E-state index contributed by atoms with van der Waals surface area (Å²) in [5.41, 5.74) is 1.35. The van der Waals surface area contributed by atoms with Crippen molar-refractivity contribution in [2.24, 2.45) is 0 Å². The van der Waals surface area contributed by atoms with E-state index in [1.54, 1.807) is 0 Å². The molecule has 1 aromatic rings. The van der Waals surface area contributed by atoms with E-state index in [0.717, 1.165) is 13.6 Å². The number of benzene rings is 1. The van der Waals surface area contributed by atoms with Crippen molar-refractivity contribution in [1.82, 2.24) is 0 Å². The van der Waals surface area contributed by atoms with Crippen LogP contribution < -0.4 is 0 Å². The lowest BCUT2D eigenvalue weighted by Gasteiger charge is -2.06. The van der Waals surface area contributed by atoms with Crippen molar-refractivity contribution in [2.75, 3.05) is 0 Å². The van der Waals surface area contributed by atoms with Gasteiger partial charge in [-0.05, 0) is 75.7 Å². The molecule has 0 saturated carbocycles. The van der Waals surface area contributed by atoms with Gasteiger partial charge in [0, 0.05) is 0 Å². The molecule has 0 atom stereocenters. The first-order chi connectivity index (χ1) is 7.65. The fraction of sp³-hybridized carbons (Fsp3) is 0.538. The molecule has 3 heteroatoms. The maximum absolute atomic E-state index is 9.66. The quantitative estimate of drug-likeness (QED) is 0.478. The van der Waals surface area contributed by atoms with Crippen molar-refractivity contribution in [3.05, 3.63) is 24.8 Å². The summed E-state index contributed by atoms with van der Waals surface area (Å²) in [4.78, 5) is 0. The first kappa shape index (κ1) is 14.5. The van der Waals surface area contributed by atoms with Gasteiger partial charge in [0.15, 0.2) is 0 Å². The van der Waals surface area contributed by atoms with Gasteiger partial charge in [-0.3, -0.25) is 0 Å². The number of unbranched alkanes of at least 4 members (excludes halogenated alkanes) is 4. The minimum absolute atomic E-state index is 0.427. The van der Waals surface area contributed by atoms with Crippen LogP contribution >= 0.6 is 45.2 Å². The van der Waals surface area contributed by atoms with E-state index in [9.17, 15) is 5.11 Å². The Morgan fingerprint density at radius 2 is 1.56 bits per heavy atom. The molecule has 1 nitrogen and oxygen atoms in total. The second kappa shape index (κ2) is 7.74. The Balaban J connectivity index is 2.43. The number of phenols is 1. The molecule has 0 spiro atoms. The van der Waals surface area contributed by atoms with Crippen LogP contribution in [0.1, 0.15) is 44.6 Å². The molecule has 0 aromatic heterocycles. The number of rotatable bonds is 6. The number of aryl methyl sites for hydroxylation is 1. The fourth-order valence-corrected chi connectivity index (χ4v) is 3.59. The second-order valence-corrected chi connectivity index (χ2v) is 6.40. The normalized spacial score (nSPS) is 10.7. The summed E-state index contributed by atoms with van der Waals surface area (Å²) in [5, 5.41) is 9.66. The zero-order chi connectivity index (χ0) is 12.0. The summed E-state index contributed by atoms with van der Waals surface area (Å²) in [6.07, 6.45) is 7.72. The molecule has 16 heavy (non-hydrogen) atoms. The van der Waals surface area contributed by atoms with Crippen molar-refractivity contribution in [3.63, 3.8) is 0 Å². The van der Waals surface area contributed by atoms with Crippen molar-refractivity contribution >= 4 is 45.2 Å². The molecule has 0 saturated heterocycles. The highest BCUT2D eigenvalue weighted by Crippen LogP contribution is 2.28. The Bertz CT molecular complexity index is 314. The third-order valence-corrected chi connectivity index (χ3v) is 4.29. The molecule has 0 unspecified atom stereocenters. The van der Waals surface area contributed by atoms with E-state index in [4.69, 9.17) is 0 Å². The van der Waals surface area contributed by atoms with Gasteiger partial charge in [0.25, 0.3) is 0 Å². The van der Waals surface area contributed by atoms with Crippen molar-refractivity contribution in [1.29, 1.82) is 0 Å². The summed E-state index contributed by atoms with van der Waals surface area (Å²) in [6, 6.07) is 4.19. The topological polar surface area (TPSA) is 20.2 Å². The number of phenolic OH excluding ortho intramolecular Hbond substituents is 1. The SMILES string of the molecule is CCCCCCCc1cc(I)c(O)c(I)c1. The van der Waals surface area contributed by atoms with Crippen LogP contribution in [0.25, 0.3) is 0 Å². The molecule has 1 rings (SSSR count). The predicted molar refractivity (Wildman–Crippen MR) is 86.0 cm³/mol. The van der Waals surface area contributed by atoms with Gasteiger partial charge < -0.3 is 5.11 Å². The van der Waals surface area contributed by atoms with Crippen LogP contribution in [0, 0.1) is 7.14 Å². The summed E-state index contributed by atoms with van der Waals surface area (Å²) >= 11 is 4.39. The molecule has 0 aliphatic carbocycles. The lowest BCUT2D eigenvalue weighted by Crippen LogP contribution is -1.90. The third kappa shape index (κ3) is 4.77. The second-order valence-electron chi connectivity index (χ2n) is 4.07. The van der Waals surface area contributed by atoms with Crippen LogP contribution in [0.15, 0.2) is 12.1 Å². The lowest BCUT2D eigenvalue weighted by molar-refractivity contribution is 0.467. The Kier molecular flexibility index (Phi) is 7.03. The Morgan fingerprint density at radius 1 is 1.00 bits per heavy atom. The van der Waals surface area contributed by atoms with Crippen LogP contribution in [0.3, 0.4) is 0 Å². The molecular formula is C13H18I2O. The summed E-state index contributed by atoms with van der Waals surface area (Å²) in [6.45, 7) is 2.24. The number of hydrogen-bond donors (Lipinski definition) is 1. The summed E-state index contributed by atoms with van der Waals surface area (Å²) in [7, 11) is 0. The first-order valence-corrected chi connectivity index (χ1v) is 7.97. The Hall–Kier alpha value is 0.480. The average molecular weight is 444 g/mol. The first-order valence-electron chi connectivity index (χ1n) is 5.82. The van der Waals surface area contributed by atoms with Crippen LogP contribution in [0.4, 0.5) is 0 Å². The molecule has 0 aliphatic rings. The molecule has 0 amide bonds. The molecule has 0 fully saturated rings. The minimum atomic E-state index is 0.427. The van der Waals surface area contributed by atoms with Gasteiger partial charge in [0.1, 0.15) is 5.75 Å². The zero-order valence-electron chi connectivity index (χ0n) is 9.60. The highest BCUT2D eigenvalue weighted by Gasteiger charge is 2.05. The van der Waals surface area contributed by atoms with E-state index >= 15 is 0 Å². The van der Waals surface area contributed by atoms with E-state index in [1.165, 1.54) is 37.7 Å². The highest BCUT2D eigenvalue weighted by molar-refractivity contribution is 14.1. The van der Waals surface area contributed by atoms with E-state index < -0.39 is 0 Å². The van der Waals surface area contributed by atoms with Crippen molar-refractivity contribution in [3.8, 4) is 5.75 Å². The number of halogens is 2. The molecule has 1 N–H and O–H groups in total. The van der Waals surface area contributed by atoms with Crippen molar-refractivity contribution in [2.45, 2.75) is 45.4 Å². The lowest BCUT2D eigenvalue weighted by atomic mass is 10.1. The monoisotopic (exact) mass is 444 g/mol. The average Bonchev–Trinajstić information content (AvgIpc) is 2.25. The third-order valence-electron chi connectivity index (χ3n) is 2.65. The van der Waals surface area contributed by atoms with E-state index in [-0.39, 0.29) is 0 Å². The van der Waals surface area contributed by atoms with E-state index in [0.29, 0.717) is 5.75 Å². The Morgan fingerprint density at radius 3 is 2.12 bits per heavy atom. The fourth-order valence-electron chi connectivity index (χ4n) is 1.70. The maximum Gasteiger partial charge on any atom is 0.142 e. The molecule has 90 valence electrons. The van der Waals surface area contributed by atoms with Gasteiger partial charge in [-0.2, -0.15) is 0 Å². The smallest absolute Gasteiger partial charge is 0.142 e. The van der Waals surface area contributed by atoms with Gasteiger partial charge in [-0.1, -0.05) is 32.6 Å². The summed E-state index contributed by atoms with van der Waals surface area (Å²) in [5.74, 6) is 0.427. The minimum Gasteiger partial charge on any atom is -0.506 e. The zero-order valence-corrected chi connectivity index (χ0v) is 13.9. The largest absolute Gasteiger partial charge is 0.506 e. The number of hydrogen-bond acceptors (Lipinski definition) is 1. The molecule has 0 bridgehead atoms. The molecule has 0 heterocycles. The molecule has 1 aromatic carbocycles. The van der Waals surface area contributed by atoms with Gasteiger partial charge in [-0.25, -0.2) is 0 Å². The van der Waals surface area contributed by atoms with Crippen LogP contribution in [-0.4, -0.2) is 5.11 Å². The van der Waals surface area contributed by atoms with Gasteiger partial charge in [0.05, 0.1) is 7.14 Å².